The summed E-state index contributed by atoms with van der Waals surface area (Å²) >= 11 is 0. The van der Waals surface area contributed by atoms with Gasteiger partial charge in [-0.2, -0.15) is 15.3 Å². The number of rotatable bonds is 3. The molecule has 0 aliphatic heterocycles. The zero-order chi connectivity index (χ0) is 12.4. The Bertz CT molecular complexity index is 518. The van der Waals surface area contributed by atoms with Crippen LogP contribution in [0.3, 0.4) is 0 Å². The number of nitrogens with zero attached hydrogens (tertiary/aromatic N) is 4. The zero-order valence-electron chi connectivity index (χ0n) is 10.2. The largest absolute Gasteiger partial charge is 0.275 e. The minimum atomic E-state index is -0.113. The van der Waals surface area contributed by atoms with E-state index in [1.807, 2.05) is 33.2 Å². The summed E-state index contributed by atoms with van der Waals surface area (Å²) < 4.78 is 1.75. The van der Waals surface area contributed by atoms with Gasteiger partial charge in [-0.25, -0.2) is 5.43 Å². The minimum absolute atomic E-state index is 0.113. The molecule has 0 radical (unpaired) electrons. The zero-order valence-corrected chi connectivity index (χ0v) is 10.2. The van der Waals surface area contributed by atoms with Crippen LogP contribution in [0.15, 0.2) is 18.5 Å². The average molecular weight is 232 g/mol. The third kappa shape index (κ3) is 2.32. The van der Waals surface area contributed by atoms with E-state index in [0.717, 1.165) is 22.5 Å². The van der Waals surface area contributed by atoms with E-state index in [2.05, 4.69) is 20.7 Å². The second kappa shape index (κ2) is 4.60. The van der Waals surface area contributed by atoms with Crippen LogP contribution in [0.2, 0.25) is 0 Å². The van der Waals surface area contributed by atoms with Crippen molar-refractivity contribution < 1.29 is 0 Å². The summed E-state index contributed by atoms with van der Waals surface area (Å²) in [5.41, 5.74) is 6.55. The van der Waals surface area contributed by atoms with Gasteiger partial charge in [0.15, 0.2) is 0 Å². The number of hydrazine groups is 1. The first kappa shape index (κ1) is 11.7. The molecule has 17 heavy (non-hydrogen) atoms. The number of hydrogen-bond donors (Lipinski definition) is 2. The molecule has 2 aromatic heterocycles. The van der Waals surface area contributed by atoms with Crippen molar-refractivity contribution in [3.8, 4) is 0 Å². The van der Waals surface area contributed by atoms with Crippen LogP contribution in [0.4, 0.5) is 0 Å². The van der Waals surface area contributed by atoms with Crippen molar-refractivity contribution in [3.63, 3.8) is 0 Å². The Morgan fingerprint density at radius 2 is 2.12 bits per heavy atom. The van der Waals surface area contributed by atoms with Gasteiger partial charge in [0.05, 0.1) is 23.6 Å². The van der Waals surface area contributed by atoms with E-state index >= 15 is 0 Å². The highest BCUT2D eigenvalue weighted by molar-refractivity contribution is 5.31. The van der Waals surface area contributed by atoms with Gasteiger partial charge in [-0.15, -0.1) is 0 Å². The predicted molar refractivity (Wildman–Crippen MR) is 63.9 cm³/mol. The first-order valence-corrected chi connectivity index (χ1v) is 5.37. The maximum Gasteiger partial charge on any atom is 0.0759 e. The monoisotopic (exact) mass is 232 g/mol. The quantitative estimate of drug-likeness (QED) is 0.590. The highest BCUT2D eigenvalue weighted by atomic mass is 15.3. The average Bonchev–Trinajstić information content (AvgIpc) is 2.71. The van der Waals surface area contributed by atoms with E-state index in [4.69, 9.17) is 5.84 Å². The molecular formula is C11H16N6. The molecule has 1 unspecified atom stereocenters. The van der Waals surface area contributed by atoms with Gasteiger partial charge in [0.2, 0.25) is 0 Å². The van der Waals surface area contributed by atoms with E-state index in [9.17, 15) is 0 Å². The molecule has 0 bridgehead atoms. The fraction of sp³-hybridized carbons (Fsp3) is 0.364. The van der Waals surface area contributed by atoms with Crippen LogP contribution in [0.1, 0.15) is 28.6 Å². The van der Waals surface area contributed by atoms with Crippen molar-refractivity contribution in [1.29, 1.82) is 0 Å². The second-order valence-electron chi connectivity index (χ2n) is 4.07. The molecule has 0 fully saturated rings. The highest BCUT2D eigenvalue weighted by Gasteiger charge is 2.17. The molecule has 0 saturated heterocycles. The normalized spacial score (nSPS) is 12.7. The van der Waals surface area contributed by atoms with Gasteiger partial charge in [0.1, 0.15) is 0 Å². The predicted octanol–water partition coefficient (Wildman–Crippen LogP) is 0.380. The standard InChI is InChI=1S/C11H16N6/c1-7-4-10(8(2)16-15-7)11(14-12)9-5-13-17(3)6-9/h4-6,11,14H,12H2,1-3H3. The summed E-state index contributed by atoms with van der Waals surface area (Å²) in [6.45, 7) is 3.83. The Hall–Kier alpha value is -1.79. The van der Waals surface area contributed by atoms with Crippen LogP contribution in [0.25, 0.3) is 0 Å². The Balaban J connectivity index is 2.45. The van der Waals surface area contributed by atoms with Crippen LogP contribution in [-0.4, -0.2) is 20.0 Å². The summed E-state index contributed by atoms with van der Waals surface area (Å²) in [5, 5.41) is 12.3. The number of aromatic nitrogens is 4. The van der Waals surface area contributed by atoms with E-state index in [1.165, 1.54) is 0 Å². The van der Waals surface area contributed by atoms with Crippen molar-refractivity contribution in [2.75, 3.05) is 0 Å². The first-order valence-electron chi connectivity index (χ1n) is 5.37. The van der Waals surface area contributed by atoms with Crippen molar-refractivity contribution in [3.05, 3.63) is 41.0 Å². The molecule has 2 heterocycles. The summed E-state index contributed by atoms with van der Waals surface area (Å²) in [7, 11) is 1.87. The molecule has 0 amide bonds. The minimum Gasteiger partial charge on any atom is -0.275 e. The van der Waals surface area contributed by atoms with Crippen LogP contribution >= 0.6 is 0 Å². The number of nitrogens with two attached hydrogens (primary N) is 1. The van der Waals surface area contributed by atoms with Crippen molar-refractivity contribution >= 4 is 0 Å². The molecule has 90 valence electrons. The molecule has 0 aromatic carbocycles. The molecule has 0 spiro atoms. The fourth-order valence-electron chi connectivity index (χ4n) is 1.82. The maximum atomic E-state index is 5.63. The highest BCUT2D eigenvalue weighted by Crippen LogP contribution is 2.22. The third-order valence-corrected chi connectivity index (χ3v) is 2.68. The van der Waals surface area contributed by atoms with Crippen LogP contribution < -0.4 is 11.3 Å². The SMILES string of the molecule is Cc1cc(C(NN)c2cnn(C)c2)c(C)nn1. The molecule has 3 N–H and O–H groups in total. The van der Waals surface area contributed by atoms with E-state index in [0.29, 0.717) is 0 Å². The second-order valence-corrected chi connectivity index (χ2v) is 4.07. The van der Waals surface area contributed by atoms with Crippen LogP contribution in [0.5, 0.6) is 0 Å². The molecule has 0 aliphatic carbocycles. The molecule has 0 saturated carbocycles. The summed E-state index contributed by atoms with van der Waals surface area (Å²) in [6.07, 6.45) is 3.72. The van der Waals surface area contributed by atoms with Gasteiger partial charge < -0.3 is 0 Å². The van der Waals surface area contributed by atoms with E-state index in [1.54, 1.807) is 10.9 Å². The van der Waals surface area contributed by atoms with Gasteiger partial charge in [0, 0.05) is 18.8 Å². The Kier molecular flexibility index (Phi) is 3.16. The van der Waals surface area contributed by atoms with Crippen molar-refractivity contribution in [2.24, 2.45) is 12.9 Å². The van der Waals surface area contributed by atoms with Gasteiger partial charge in [-0.1, -0.05) is 0 Å². The fourth-order valence-corrected chi connectivity index (χ4v) is 1.82. The smallest absolute Gasteiger partial charge is 0.0759 e. The van der Waals surface area contributed by atoms with Crippen molar-refractivity contribution in [1.82, 2.24) is 25.4 Å². The lowest BCUT2D eigenvalue weighted by Gasteiger charge is -2.16. The molecule has 6 nitrogen and oxygen atoms in total. The first-order chi connectivity index (χ1) is 8.11. The van der Waals surface area contributed by atoms with Gasteiger partial charge in [-0.3, -0.25) is 10.5 Å². The maximum absolute atomic E-state index is 5.63. The molecule has 2 aromatic rings. The molecule has 6 heteroatoms. The van der Waals surface area contributed by atoms with E-state index in [-0.39, 0.29) is 6.04 Å². The third-order valence-electron chi connectivity index (χ3n) is 2.68. The lowest BCUT2D eigenvalue weighted by Crippen LogP contribution is -2.29. The number of hydrogen-bond acceptors (Lipinski definition) is 5. The molecular weight excluding hydrogens is 216 g/mol. The van der Waals surface area contributed by atoms with Crippen LogP contribution in [0, 0.1) is 13.8 Å². The van der Waals surface area contributed by atoms with Crippen LogP contribution in [-0.2, 0) is 7.05 Å². The summed E-state index contributed by atoms with van der Waals surface area (Å²) in [4.78, 5) is 0. The van der Waals surface area contributed by atoms with Gasteiger partial charge in [0.25, 0.3) is 0 Å². The molecule has 2 rings (SSSR count). The van der Waals surface area contributed by atoms with Gasteiger partial charge >= 0.3 is 0 Å². The molecule has 1 atom stereocenters. The molecule has 0 aliphatic rings. The Labute approximate surface area is 99.8 Å². The Morgan fingerprint density at radius 1 is 1.35 bits per heavy atom. The Morgan fingerprint density at radius 3 is 2.71 bits per heavy atom. The lowest BCUT2D eigenvalue weighted by atomic mass is 10.0. The topological polar surface area (TPSA) is 81.6 Å². The number of nitrogens with one attached hydrogen (secondary N) is 1. The summed E-state index contributed by atoms with van der Waals surface area (Å²) in [6, 6.07) is 1.87. The van der Waals surface area contributed by atoms with E-state index < -0.39 is 0 Å². The van der Waals surface area contributed by atoms with Gasteiger partial charge in [-0.05, 0) is 25.5 Å². The lowest BCUT2D eigenvalue weighted by molar-refractivity contribution is 0.625. The summed E-state index contributed by atoms with van der Waals surface area (Å²) in [5.74, 6) is 5.63. The van der Waals surface area contributed by atoms with Crippen molar-refractivity contribution in [2.45, 2.75) is 19.9 Å². The number of aryl methyl sites for hydroxylation is 3.